The van der Waals surface area contributed by atoms with Crippen molar-refractivity contribution in [2.24, 2.45) is 0 Å². The fraction of sp³-hybridized carbons (Fsp3) is 0.364. The Labute approximate surface area is 157 Å². The highest BCUT2D eigenvalue weighted by atomic mass is 28.4. The van der Waals surface area contributed by atoms with Gasteiger partial charge in [-0.1, -0.05) is 87.5 Å². The number of hydrogen-bond donors (Lipinski definition) is 1. The van der Waals surface area contributed by atoms with Gasteiger partial charge in [-0.15, -0.1) is 0 Å². The third-order valence-corrected chi connectivity index (χ3v) is 9.94. The highest BCUT2D eigenvalue weighted by Crippen LogP contribution is 2.37. The van der Waals surface area contributed by atoms with Crippen molar-refractivity contribution >= 4 is 18.7 Å². The first-order chi connectivity index (χ1) is 12.4. The van der Waals surface area contributed by atoms with Crippen molar-refractivity contribution in [1.29, 1.82) is 0 Å². The van der Waals surface area contributed by atoms with Crippen LogP contribution >= 0.6 is 0 Å². The molecule has 0 saturated carbocycles. The second kappa shape index (κ2) is 7.88. The molecule has 0 saturated heterocycles. The molecule has 0 bridgehead atoms. The molecular weight excluding hydrogens is 340 g/mol. The van der Waals surface area contributed by atoms with Crippen LogP contribution in [0.1, 0.15) is 27.2 Å². The summed E-state index contributed by atoms with van der Waals surface area (Å²) >= 11 is 0. The van der Waals surface area contributed by atoms with E-state index in [9.17, 15) is 5.11 Å². The summed E-state index contributed by atoms with van der Waals surface area (Å²) in [4.78, 5) is 0. The van der Waals surface area contributed by atoms with E-state index >= 15 is 0 Å². The molecule has 2 aromatic carbocycles. The fourth-order valence-electron chi connectivity index (χ4n) is 3.73. The monoisotopic (exact) mass is 368 g/mol. The van der Waals surface area contributed by atoms with Crippen LogP contribution in [0.3, 0.4) is 0 Å². The lowest BCUT2D eigenvalue weighted by molar-refractivity contribution is -0.122. The molecule has 0 aliphatic carbocycles. The van der Waals surface area contributed by atoms with Crippen LogP contribution in [-0.4, -0.2) is 32.4 Å². The minimum absolute atomic E-state index is 0.0567. The Balaban J connectivity index is 2.01. The number of ether oxygens (including phenoxy) is 1. The van der Waals surface area contributed by atoms with Crippen LogP contribution in [0.25, 0.3) is 0 Å². The second-order valence-corrected chi connectivity index (χ2v) is 12.1. The van der Waals surface area contributed by atoms with E-state index in [1.807, 2.05) is 18.2 Å². The van der Waals surface area contributed by atoms with Crippen LogP contribution < -0.4 is 10.4 Å². The third kappa shape index (κ3) is 3.84. The van der Waals surface area contributed by atoms with E-state index < -0.39 is 14.6 Å². The van der Waals surface area contributed by atoms with Crippen molar-refractivity contribution in [3.63, 3.8) is 0 Å². The summed E-state index contributed by atoms with van der Waals surface area (Å²) in [5.74, 6) is 0. The molecule has 2 atom stereocenters. The van der Waals surface area contributed by atoms with E-state index in [1.54, 1.807) is 6.08 Å². The van der Waals surface area contributed by atoms with E-state index in [2.05, 4.69) is 69.3 Å². The molecule has 0 radical (unpaired) electrons. The molecule has 0 amide bonds. The standard InChI is InChI=1S/C22H28O3Si/c1-22(2,3)26(19-12-6-4-7-13-19,20-14-8-5-9-15-20)24-17-18-11-10-16-21(23)25-18/h4-10,12-16,18,21,23H,11,17H2,1-3H3/t18-,21?/m1/s1. The van der Waals surface area contributed by atoms with Gasteiger partial charge in [0.2, 0.25) is 0 Å². The molecule has 2 aromatic rings. The van der Waals surface area contributed by atoms with Crippen LogP contribution in [0.4, 0.5) is 0 Å². The summed E-state index contributed by atoms with van der Waals surface area (Å²) < 4.78 is 12.5. The average Bonchev–Trinajstić information content (AvgIpc) is 2.63. The maximum absolute atomic E-state index is 9.75. The van der Waals surface area contributed by atoms with Gasteiger partial charge < -0.3 is 14.3 Å². The van der Waals surface area contributed by atoms with Gasteiger partial charge in [0, 0.05) is 0 Å². The maximum Gasteiger partial charge on any atom is 0.261 e. The summed E-state index contributed by atoms with van der Waals surface area (Å²) in [5.41, 5.74) is 0. The van der Waals surface area contributed by atoms with Gasteiger partial charge in [-0.25, -0.2) is 0 Å². The summed E-state index contributed by atoms with van der Waals surface area (Å²) in [6.07, 6.45) is 3.44. The van der Waals surface area contributed by atoms with E-state index in [1.165, 1.54) is 10.4 Å². The molecule has 1 aliphatic rings. The lowest BCUT2D eigenvalue weighted by atomic mass is 10.2. The predicted octanol–water partition coefficient (Wildman–Crippen LogP) is 3.23. The lowest BCUT2D eigenvalue weighted by Gasteiger charge is -2.43. The van der Waals surface area contributed by atoms with Crippen LogP contribution in [-0.2, 0) is 9.16 Å². The molecule has 0 fully saturated rings. The number of aliphatic hydroxyl groups is 1. The van der Waals surface area contributed by atoms with Gasteiger partial charge in [0.1, 0.15) is 0 Å². The number of aliphatic hydroxyl groups excluding tert-OH is 1. The van der Waals surface area contributed by atoms with E-state index in [0.29, 0.717) is 6.61 Å². The first-order valence-corrected chi connectivity index (χ1v) is 11.1. The highest BCUT2D eigenvalue weighted by Gasteiger charge is 2.50. The van der Waals surface area contributed by atoms with Crippen LogP contribution in [0, 0.1) is 0 Å². The predicted molar refractivity (Wildman–Crippen MR) is 108 cm³/mol. The third-order valence-electron chi connectivity index (χ3n) is 4.93. The van der Waals surface area contributed by atoms with Gasteiger partial charge in [-0.05, 0) is 27.9 Å². The Morgan fingerprint density at radius 2 is 1.54 bits per heavy atom. The SMILES string of the molecule is CC(C)(C)[Si](OC[C@H]1CC=CC(O)O1)(c1ccccc1)c1ccccc1. The molecule has 138 valence electrons. The van der Waals surface area contributed by atoms with Crippen LogP contribution in [0.2, 0.25) is 5.04 Å². The first-order valence-electron chi connectivity index (χ1n) is 9.19. The molecule has 1 aliphatic heterocycles. The van der Waals surface area contributed by atoms with Crippen molar-refractivity contribution < 1.29 is 14.3 Å². The Morgan fingerprint density at radius 1 is 1.00 bits per heavy atom. The molecule has 3 rings (SSSR count). The van der Waals surface area contributed by atoms with Crippen molar-refractivity contribution in [3.8, 4) is 0 Å². The molecule has 0 spiro atoms. The smallest absolute Gasteiger partial charge is 0.261 e. The molecule has 1 unspecified atom stereocenters. The lowest BCUT2D eigenvalue weighted by Crippen LogP contribution is -2.67. The summed E-state index contributed by atoms with van der Waals surface area (Å²) in [6.45, 7) is 7.25. The van der Waals surface area contributed by atoms with E-state index in [0.717, 1.165) is 6.42 Å². The Kier molecular flexibility index (Phi) is 5.78. The number of benzene rings is 2. The first kappa shape index (κ1) is 19.0. The topological polar surface area (TPSA) is 38.7 Å². The minimum Gasteiger partial charge on any atom is -0.405 e. The minimum atomic E-state index is -2.54. The average molecular weight is 369 g/mol. The maximum atomic E-state index is 9.75. The van der Waals surface area contributed by atoms with E-state index in [4.69, 9.17) is 9.16 Å². The van der Waals surface area contributed by atoms with Crippen molar-refractivity contribution in [2.75, 3.05) is 6.61 Å². The largest absolute Gasteiger partial charge is 0.405 e. The normalized spacial score (nSPS) is 20.9. The second-order valence-electron chi connectivity index (χ2n) is 7.79. The Morgan fingerprint density at radius 3 is 2.00 bits per heavy atom. The molecule has 1 heterocycles. The summed E-state index contributed by atoms with van der Waals surface area (Å²) in [6, 6.07) is 21.1. The van der Waals surface area contributed by atoms with Gasteiger partial charge in [0.05, 0.1) is 12.7 Å². The number of hydrogen-bond acceptors (Lipinski definition) is 3. The van der Waals surface area contributed by atoms with Gasteiger partial charge in [0.25, 0.3) is 8.32 Å². The fourth-order valence-corrected chi connectivity index (χ4v) is 8.32. The Bertz CT molecular complexity index is 683. The number of rotatable bonds is 5. The summed E-state index contributed by atoms with van der Waals surface area (Å²) in [5, 5.41) is 12.2. The molecule has 4 heteroatoms. The van der Waals surface area contributed by atoms with Gasteiger partial charge in [0.15, 0.2) is 6.29 Å². The van der Waals surface area contributed by atoms with Crippen LogP contribution in [0.5, 0.6) is 0 Å². The zero-order valence-corrected chi connectivity index (χ0v) is 16.8. The van der Waals surface area contributed by atoms with Gasteiger partial charge >= 0.3 is 0 Å². The van der Waals surface area contributed by atoms with Gasteiger partial charge in [-0.3, -0.25) is 0 Å². The van der Waals surface area contributed by atoms with E-state index in [-0.39, 0.29) is 11.1 Å². The quantitative estimate of drug-likeness (QED) is 0.650. The zero-order chi connectivity index (χ0) is 18.6. The molecular formula is C22H28O3Si. The van der Waals surface area contributed by atoms with Crippen molar-refractivity contribution in [2.45, 2.75) is 44.6 Å². The molecule has 26 heavy (non-hydrogen) atoms. The Hall–Kier alpha value is -1.72. The molecule has 0 aromatic heterocycles. The summed E-state index contributed by atoms with van der Waals surface area (Å²) in [7, 11) is -2.54. The highest BCUT2D eigenvalue weighted by molar-refractivity contribution is 6.99. The van der Waals surface area contributed by atoms with Crippen molar-refractivity contribution in [1.82, 2.24) is 0 Å². The van der Waals surface area contributed by atoms with Crippen molar-refractivity contribution in [3.05, 3.63) is 72.8 Å². The van der Waals surface area contributed by atoms with Crippen LogP contribution in [0.15, 0.2) is 72.8 Å². The molecule has 3 nitrogen and oxygen atoms in total. The van der Waals surface area contributed by atoms with Gasteiger partial charge in [-0.2, -0.15) is 0 Å². The zero-order valence-electron chi connectivity index (χ0n) is 15.8. The molecule has 1 N–H and O–H groups in total.